The molecule has 0 radical (unpaired) electrons. The smallest absolute Gasteiger partial charge is 0.221 e. The van der Waals surface area contributed by atoms with Crippen LogP contribution < -0.4 is 11.1 Å². The molecule has 1 rings (SSSR count). The summed E-state index contributed by atoms with van der Waals surface area (Å²) < 4.78 is 0. The van der Waals surface area contributed by atoms with Crippen molar-refractivity contribution in [2.45, 2.75) is 32.2 Å². The number of nitrogens with one attached hydrogen (secondary N) is 1. The van der Waals surface area contributed by atoms with Gasteiger partial charge in [0.05, 0.1) is 0 Å². The Morgan fingerprint density at radius 2 is 2.36 bits per heavy atom. The minimum atomic E-state index is -0.0193. The molecule has 1 saturated carbocycles. The van der Waals surface area contributed by atoms with Crippen LogP contribution in [0, 0.1) is 5.92 Å². The van der Waals surface area contributed by atoms with Gasteiger partial charge in [0.1, 0.15) is 0 Å². The van der Waals surface area contributed by atoms with Gasteiger partial charge in [-0.25, -0.2) is 0 Å². The lowest BCUT2D eigenvalue weighted by atomic mass is 10.2. The molecule has 3 heteroatoms. The Labute approximate surface area is 67.3 Å². The van der Waals surface area contributed by atoms with Crippen LogP contribution in [0.3, 0.4) is 0 Å². The first-order chi connectivity index (χ1) is 5.18. The van der Waals surface area contributed by atoms with Crippen molar-refractivity contribution < 1.29 is 4.79 Å². The van der Waals surface area contributed by atoms with E-state index in [9.17, 15) is 4.79 Å². The lowest BCUT2D eigenvalue weighted by molar-refractivity contribution is -0.121. The first kappa shape index (κ1) is 8.53. The number of carbonyl (C=O) groups excluding carboxylic acids is 1. The Bertz CT molecular complexity index is 141. The standard InChI is InChI=1S/C8H16N2O/c1-6(9)4-8(11)10-5-7-2-3-7/h6-7H,2-5,9H2,1H3,(H,10,11)/t6-/m0/s1. The maximum Gasteiger partial charge on any atom is 0.221 e. The van der Waals surface area contributed by atoms with Crippen LogP contribution in [0.5, 0.6) is 0 Å². The summed E-state index contributed by atoms with van der Waals surface area (Å²) in [6.45, 7) is 2.70. The number of rotatable bonds is 4. The van der Waals surface area contributed by atoms with Gasteiger partial charge in [0.2, 0.25) is 5.91 Å². The molecule has 0 aromatic carbocycles. The van der Waals surface area contributed by atoms with E-state index in [-0.39, 0.29) is 11.9 Å². The van der Waals surface area contributed by atoms with E-state index in [2.05, 4.69) is 5.32 Å². The maximum absolute atomic E-state index is 11.0. The highest BCUT2D eigenvalue weighted by atomic mass is 16.1. The van der Waals surface area contributed by atoms with E-state index in [1.54, 1.807) is 0 Å². The van der Waals surface area contributed by atoms with Crippen LogP contribution in [0.1, 0.15) is 26.2 Å². The number of hydrogen-bond donors (Lipinski definition) is 2. The molecule has 11 heavy (non-hydrogen) atoms. The van der Waals surface area contributed by atoms with Gasteiger partial charge in [0, 0.05) is 19.0 Å². The molecule has 0 spiro atoms. The molecule has 1 amide bonds. The highest BCUT2D eigenvalue weighted by Gasteiger charge is 2.21. The fraction of sp³-hybridized carbons (Fsp3) is 0.875. The third-order valence-electron chi connectivity index (χ3n) is 1.79. The Morgan fingerprint density at radius 3 is 2.82 bits per heavy atom. The quantitative estimate of drug-likeness (QED) is 0.613. The van der Waals surface area contributed by atoms with Crippen molar-refractivity contribution in [2.75, 3.05) is 6.54 Å². The van der Waals surface area contributed by atoms with E-state index >= 15 is 0 Å². The molecule has 3 nitrogen and oxygen atoms in total. The molecule has 0 heterocycles. The van der Waals surface area contributed by atoms with Crippen molar-refractivity contribution in [1.82, 2.24) is 5.32 Å². The molecular formula is C8H16N2O. The first-order valence-electron chi connectivity index (χ1n) is 4.20. The fourth-order valence-electron chi connectivity index (χ4n) is 0.945. The van der Waals surface area contributed by atoms with E-state index < -0.39 is 0 Å². The van der Waals surface area contributed by atoms with Gasteiger partial charge in [-0.15, -0.1) is 0 Å². The molecule has 1 aliphatic rings. The van der Waals surface area contributed by atoms with Crippen LogP contribution in [0.4, 0.5) is 0 Å². The average molecular weight is 156 g/mol. The van der Waals surface area contributed by atoms with Gasteiger partial charge in [-0.2, -0.15) is 0 Å². The van der Waals surface area contributed by atoms with Gasteiger partial charge in [-0.1, -0.05) is 0 Å². The van der Waals surface area contributed by atoms with Gasteiger partial charge in [0.15, 0.2) is 0 Å². The summed E-state index contributed by atoms with van der Waals surface area (Å²) in [7, 11) is 0. The van der Waals surface area contributed by atoms with E-state index in [0.29, 0.717) is 6.42 Å². The summed E-state index contributed by atoms with van der Waals surface area (Å²) in [4.78, 5) is 11.0. The van der Waals surface area contributed by atoms with Crippen molar-refractivity contribution in [2.24, 2.45) is 11.7 Å². The Balaban J connectivity index is 2.00. The number of amides is 1. The molecule has 0 unspecified atom stereocenters. The number of nitrogens with two attached hydrogens (primary N) is 1. The normalized spacial score (nSPS) is 19.5. The lowest BCUT2D eigenvalue weighted by Gasteiger charge is -2.05. The van der Waals surface area contributed by atoms with Crippen molar-refractivity contribution >= 4 is 5.91 Å². The fourth-order valence-corrected chi connectivity index (χ4v) is 0.945. The van der Waals surface area contributed by atoms with Crippen LogP contribution in [0.2, 0.25) is 0 Å². The summed E-state index contributed by atoms with van der Waals surface area (Å²) in [6, 6.07) is -0.0193. The first-order valence-corrected chi connectivity index (χ1v) is 4.20. The zero-order valence-corrected chi connectivity index (χ0v) is 6.97. The molecule has 64 valence electrons. The summed E-state index contributed by atoms with van der Waals surface area (Å²) in [5.41, 5.74) is 5.45. The Kier molecular flexibility index (Phi) is 2.88. The monoisotopic (exact) mass is 156 g/mol. The molecule has 0 aromatic rings. The second kappa shape index (κ2) is 3.72. The van der Waals surface area contributed by atoms with Gasteiger partial charge in [-0.3, -0.25) is 4.79 Å². The van der Waals surface area contributed by atoms with Crippen LogP contribution in [0.25, 0.3) is 0 Å². The van der Waals surface area contributed by atoms with Crippen LogP contribution in [-0.2, 0) is 4.79 Å². The molecule has 3 N–H and O–H groups in total. The summed E-state index contributed by atoms with van der Waals surface area (Å²) in [6.07, 6.45) is 3.00. The minimum Gasteiger partial charge on any atom is -0.356 e. The van der Waals surface area contributed by atoms with Crippen molar-refractivity contribution in [1.29, 1.82) is 0 Å². The van der Waals surface area contributed by atoms with E-state index in [0.717, 1.165) is 12.5 Å². The zero-order chi connectivity index (χ0) is 8.27. The topological polar surface area (TPSA) is 55.1 Å². The number of hydrogen-bond acceptors (Lipinski definition) is 2. The molecule has 1 aliphatic carbocycles. The summed E-state index contributed by atoms with van der Waals surface area (Å²) in [5, 5.41) is 2.86. The lowest BCUT2D eigenvalue weighted by Crippen LogP contribution is -2.31. The van der Waals surface area contributed by atoms with Gasteiger partial charge < -0.3 is 11.1 Å². The largest absolute Gasteiger partial charge is 0.356 e. The highest BCUT2D eigenvalue weighted by molar-refractivity contribution is 5.76. The van der Waals surface area contributed by atoms with Crippen molar-refractivity contribution in [3.8, 4) is 0 Å². The highest BCUT2D eigenvalue weighted by Crippen LogP contribution is 2.27. The zero-order valence-electron chi connectivity index (χ0n) is 6.97. The van der Waals surface area contributed by atoms with Crippen molar-refractivity contribution in [3.63, 3.8) is 0 Å². The molecular weight excluding hydrogens is 140 g/mol. The Hall–Kier alpha value is -0.570. The average Bonchev–Trinajstić information content (AvgIpc) is 2.63. The van der Waals surface area contributed by atoms with Crippen LogP contribution >= 0.6 is 0 Å². The third-order valence-corrected chi connectivity index (χ3v) is 1.79. The van der Waals surface area contributed by atoms with E-state index in [4.69, 9.17) is 5.73 Å². The second-order valence-corrected chi connectivity index (χ2v) is 3.43. The predicted octanol–water partition coefficient (Wildman–Crippen LogP) is 0.250. The molecule has 0 aromatic heterocycles. The Morgan fingerprint density at radius 1 is 1.73 bits per heavy atom. The maximum atomic E-state index is 11.0. The predicted molar refractivity (Wildman–Crippen MR) is 44.0 cm³/mol. The molecule has 0 aliphatic heterocycles. The minimum absolute atomic E-state index is 0.0193. The molecule has 1 fully saturated rings. The molecule has 0 saturated heterocycles. The van der Waals surface area contributed by atoms with Crippen molar-refractivity contribution in [3.05, 3.63) is 0 Å². The summed E-state index contributed by atoms with van der Waals surface area (Å²) in [5.74, 6) is 0.846. The SMILES string of the molecule is C[C@H](N)CC(=O)NCC1CC1. The van der Waals surface area contributed by atoms with Crippen LogP contribution in [0.15, 0.2) is 0 Å². The summed E-state index contributed by atoms with van der Waals surface area (Å²) >= 11 is 0. The van der Waals surface area contributed by atoms with Gasteiger partial charge in [0.25, 0.3) is 0 Å². The third kappa shape index (κ3) is 3.98. The van der Waals surface area contributed by atoms with E-state index in [1.165, 1.54) is 12.8 Å². The van der Waals surface area contributed by atoms with E-state index in [1.807, 2.05) is 6.92 Å². The molecule has 0 bridgehead atoms. The molecule has 1 atom stereocenters. The number of carbonyl (C=O) groups is 1. The second-order valence-electron chi connectivity index (χ2n) is 3.43. The van der Waals surface area contributed by atoms with Gasteiger partial charge in [-0.05, 0) is 25.7 Å². The van der Waals surface area contributed by atoms with Crippen LogP contribution in [-0.4, -0.2) is 18.5 Å². The van der Waals surface area contributed by atoms with Gasteiger partial charge >= 0.3 is 0 Å².